The van der Waals surface area contributed by atoms with Crippen molar-refractivity contribution in [2.24, 2.45) is 0 Å². The topological polar surface area (TPSA) is 76.0 Å². The first-order valence-electron chi connectivity index (χ1n) is 9.51. The molecule has 0 saturated carbocycles. The number of aryl methyl sites for hydroxylation is 2. The van der Waals surface area contributed by atoms with E-state index < -0.39 is 0 Å². The maximum atomic E-state index is 12.5. The van der Waals surface area contributed by atoms with Gasteiger partial charge in [0.05, 0.1) is 11.2 Å². The van der Waals surface area contributed by atoms with Crippen LogP contribution in [0.15, 0.2) is 49.1 Å². The standard InChI is InChI=1S/C21H22N4O2S/c26-20(15-7-9-17(10-8-15)25-12-11-22-14-25)23-24-21(27)19-13-16-5-3-1-2-4-6-18(16)28-19/h7-14H,1-6H2,(H,23,26)(H,24,27). The van der Waals surface area contributed by atoms with E-state index in [9.17, 15) is 9.59 Å². The number of benzene rings is 1. The third-order valence-electron chi connectivity index (χ3n) is 4.94. The zero-order chi connectivity index (χ0) is 19.3. The van der Waals surface area contributed by atoms with E-state index in [1.807, 2.05) is 29.0 Å². The van der Waals surface area contributed by atoms with Crippen LogP contribution >= 0.6 is 11.3 Å². The molecule has 2 aromatic heterocycles. The number of fused-ring (bicyclic) bond motifs is 1. The van der Waals surface area contributed by atoms with Gasteiger partial charge in [-0.15, -0.1) is 11.3 Å². The molecular weight excluding hydrogens is 372 g/mol. The van der Waals surface area contributed by atoms with Gasteiger partial charge in [0.15, 0.2) is 0 Å². The molecule has 0 bridgehead atoms. The number of carbonyl (C=O) groups excluding carboxylic acids is 2. The average molecular weight is 394 g/mol. The maximum absolute atomic E-state index is 12.5. The van der Waals surface area contributed by atoms with Crippen molar-refractivity contribution in [2.45, 2.75) is 38.5 Å². The molecule has 0 atom stereocenters. The Bertz CT molecular complexity index is 935. The van der Waals surface area contributed by atoms with Gasteiger partial charge in [0.25, 0.3) is 11.8 Å². The Kier molecular flexibility index (Phi) is 5.53. The number of hydrogen-bond acceptors (Lipinski definition) is 4. The molecule has 0 spiro atoms. The fraction of sp³-hybridized carbons (Fsp3) is 0.286. The lowest BCUT2D eigenvalue weighted by Gasteiger charge is -2.07. The summed E-state index contributed by atoms with van der Waals surface area (Å²) in [4.78, 5) is 30.7. The van der Waals surface area contributed by atoms with Crippen LogP contribution in [0, 0.1) is 0 Å². The molecule has 1 aliphatic rings. The predicted octanol–water partition coefficient (Wildman–Crippen LogP) is 3.67. The number of hydrogen-bond donors (Lipinski definition) is 2. The van der Waals surface area contributed by atoms with E-state index in [4.69, 9.17) is 0 Å². The molecule has 0 radical (unpaired) electrons. The Balaban J connectivity index is 1.36. The highest BCUT2D eigenvalue weighted by Crippen LogP contribution is 2.28. The fourth-order valence-electron chi connectivity index (χ4n) is 3.40. The molecule has 2 heterocycles. The summed E-state index contributed by atoms with van der Waals surface area (Å²) < 4.78 is 1.85. The highest BCUT2D eigenvalue weighted by Gasteiger charge is 2.16. The summed E-state index contributed by atoms with van der Waals surface area (Å²) in [5.74, 6) is -0.611. The fourth-order valence-corrected chi connectivity index (χ4v) is 4.55. The van der Waals surface area contributed by atoms with Crippen LogP contribution in [-0.4, -0.2) is 21.4 Å². The van der Waals surface area contributed by atoms with Crippen LogP contribution in [-0.2, 0) is 12.8 Å². The molecule has 3 aromatic rings. The smallest absolute Gasteiger partial charge is 0.279 e. The number of carbonyl (C=O) groups is 2. The van der Waals surface area contributed by atoms with Gasteiger partial charge in [-0.25, -0.2) is 4.98 Å². The van der Waals surface area contributed by atoms with Crippen LogP contribution in [0.5, 0.6) is 0 Å². The van der Waals surface area contributed by atoms with Gasteiger partial charge in [-0.3, -0.25) is 20.4 Å². The lowest BCUT2D eigenvalue weighted by molar-refractivity contribution is 0.0849. The molecule has 2 N–H and O–H groups in total. The van der Waals surface area contributed by atoms with E-state index in [1.165, 1.54) is 36.1 Å². The minimum atomic E-state index is -0.347. The zero-order valence-corrected chi connectivity index (χ0v) is 16.3. The lowest BCUT2D eigenvalue weighted by Crippen LogP contribution is -2.41. The van der Waals surface area contributed by atoms with Gasteiger partial charge in [-0.2, -0.15) is 0 Å². The van der Waals surface area contributed by atoms with Crippen LogP contribution in [0.3, 0.4) is 0 Å². The zero-order valence-electron chi connectivity index (χ0n) is 15.5. The van der Waals surface area contributed by atoms with Gasteiger partial charge in [0, 0.05) is 28.5 Å². The molecule has 0 fully saturated rings. The molecule has 4 rings (SSSR count). The normalized spacial score (nSPS) is 13.9. The van der Waals surface area contributed by atoms with Crippen LogP contribution in [0.4, 0.5) is 0 Å². The number of thiophene rings is 1. The Labute approximate surface area is 167 Å². The molecule has 2 amide bonds. The van der Waals surface area contributed by atoms with Gasteiger partial charge in [0.2, 0.25) is 0 Å². The summed E-state index contributed by atoms with van der Waals surface area (Å²) in [7, 11) is 0. The van der Waals surface area contributed by atoms with E-state index in [0.29, 0.717) is 10.4 Å². The largest absolute Gasteiger partial charge is 0.306 e. The molecule has 0 unspecified atom stereocenters. The molecule has 7 heteroatoms. The van der Waals surface area contributed by atoms with E-state index in [0.717, 1.165) is 18.5 Å². The minimum Gasteiger partial charge on any atom is -0.306 e. The summed E-state index contributed by atoms with van der Waals surface area (Å²) in [6, 6.07) is 9.07. The van der Waals surface area contributed by atoms with Gasteiger partial charge in [-0.05, 0) is 61.6 Å². The minimum absolute atomic E-state index is 0.264. The van der Waals surface area contributed by atoms with Gasteiger partial charge in [0.1, 0.15) is 0 Å². The number of hydrazine groups is 1. The van der Waals surface area contributed by atoms with E-state index >= 15 is 0 Å². The van der Waals surface area contributed by atoms with E-state index in [-0.39, 0.29) is 11.8 Å². The predicted molar refractivity (Wildman–Crippen MR) is 109 cm³/mol. The molecule has 1 aromatic carbocycles. The van der Waals surface area contributed by atoms with Crippen LogP contribution in [0.25, 0.3) is 5.69 Å². The summed E-state index contributed by atoms with van der Waals surface area (Å²) in [5.41, 5.74) is 7.72. The Hall–Kier alpha value is -2.93. The molecule has 1 aliphatic carbocycles. The van der Waals surface area contributed by atoms with Crippen molar-refractivity contribution >= 4 is 23.2 Å². The second-order valence-corrected chi connectivity index (χ2v) is 8.04. The highest BCUT2D eigenvalue weighted by atomic mass is 32.1. The molecule has 6 nitrogen and oxygen atoms in total. The van der Waals surface area contributed by atoms with Gasteiger partial charge in [-0.1, -0.05) is 12.8 Å². The van der Waals surface area contributed by atoms with Crippen LogP contribution < -0.4 is 10.9 Å². The quantitative estimate of drug-likeness (QED) is 0.666. The Morgan fingerprint density at radius 1 is 0.964 bits per heavy atom. The van der Waals surface area contributed by atoms with Crippen molar-refractivity contribution in [3.8, 4) is 5.69 Å². The monoisotopic (exact) mass is 394 g/mol. The van der Waals surface area contributed by atoms with Gasteiger partial charge < -0.3 is 4.57 Å². The summed E-state index contributed by atoms with van der Waals surface area (Å²) in [6.07, 6.45) is 12.2. The lowest BCUT2D eigenvalue weighted by atomic mass is 10.00. The van der Waals surface area contributed by atoms with E-state index in [1.54, 1.807) is 36.0 Å². The Morgan fingerprint density at radius 2 is 1.71 bits per heavy atom. The summed E-state index contributed by atoms with van der Waals surface area (Å²) in [6.45, 7) is 0. The first-order chi connectivity index (χ1) is 13.7. The van der Waals surface area contributed by atoms with Crippen molar-refractivity contribution < 1.29 is 9.59 Å². The first kappa shape index (κ1) is 18.4. The number of nitrogens with zero attached hydrogens (tertiary/aromatic N) is 2. The second kappa shape index (κ2) is 8.39. The first-order valence-corrected chi connectivity index (χ1v) is 10.3. The van der Waals surface area contributed by atoms with Crippen molar-refractivity contribution in [2.75, 3.05) is 0 Å². The van der Waals surface area contributed by atoms with E-state index in [2.05, 4.69) is 15.8 Å². The SMILES string of the molecule is O=C(NNC(=O)c1cc2c(s1)CCCCCC2)c1ccc(-n2ccnc2)cc1. The van der Waals surface area contributed by atoms with Crippen LogP contribution in [0.1, 0.15) is 56.2 Å². The third-order valence-corrected chi connectivity index (χ3v) is 6.18. The second-order valence-electron chi connectivity index (χ2n) is 6.90. The van der Waals surface area contributed by atoms with Crippen molar-refractivity contribution in [3.63, 3.8) is 0 Å². The maximum Gasteiger partial charge on any atom is 0.279 e. The number of aromatic nitrogens is 2. The molecule has 28 heavy (non-hydrogen) atoms. The number of imidazole rings is 1. The number of nitrogens with one attached hydrogen (secondary N) is 2. The van der Waals surface area contributed by atoms with Gasteiger partial charge >= 0.3 is 0 Å². The molecule has 0 saturated heterocycles. The Morgan fingerprint density at radius 3 is 2.46 bits per heavy atom. The van der Waals surface area contributed by atoms with Crippen molar-refractivity contribution in [1.29, 1.82) is 0 Å². The number of amides is 2. The summed E-state index contributed by atoms with van der Waals surface area (Å²) >= 11 is 1.54. The van der Waals surface area contributed by atoms with Crippen molar-refractivity contribution in [1.82, 2.24) is 20.4 Å². The summed E-state index contributed by atoms with van der Waals surface area (Å²) in [5, 5.41) is 0. The number of rotatable bonds is 3. The molecular formula is C21H22N4O2S. The average Bonchev–Trinajstić information content (AvgIpc) is 3.36. The molecule has 144 valence electrons. The third kappa shape index (κ3) is 4.14. The van der Waals surface area contributed by atoms with Crippen LogP contribution in [0.2, 0.25) is 0 Å². The molecule has 0 aliphatic heterocycles. The highest BCUT2D eigenvalue weighted by molar-refractivity contribution is 7.14. The van der Waals surface area contributed by atoms with Crippen molar-refractivity contribution in [3.05, 3.63) is 69.9 Å².